The average molecular weight is 406 g/mol. The number of carbonyl (C=O) groups excluding carboxylic acids is 1. The maximum absolute atomic E-state index is 12.3. The first-order chi connectivity index (χ1) is 14.5. The first kappa shape index (κ1) is 19.9. The van der Waals surface area contributed by atoms with E-state index in [9.17, 15) is 4.79 Å². The molecular weight excluding hydrogens is 378 g/mol. The van der Waals surface area contributed by atoms with Crippen LogP contribution in [-0.2, 0) is 0 Å². The number of fused-ring (bicyclic) bond motifs is 1. The van der Waals surface area contributed by atoms with Gasteiger partial charge in [-0.2, -0.15) is 4.98 Å². The maximum Gasteiger partial charge on any atom is 0.323 e. The standard InChI is InChI=1S/C23H27N5O2/c1-14(2)20-13-25-23(29)28(20)21-9-10-24-22(27-21)26-15(3)16-5-6-18-12-19(30-4)8-7-17(18)11-16/h5-12,14-15,20H,13H2,1-4H3,(H,25,29)(H,24,26,27)/t15-,20?/m0/s1. The Bertz CT molecular complexity index is 1070. The number of urea groups is 1. The summed E-state index contributed by atoms with van der Waals surface area (Å²) in [6.45, 7) is 6.91. The number of aromatic nitrogens is 2. The molecule has 1 aromatic heterocycles. The number of methoxy groups -OCH3 is 1. The number of nitrogens with one attached hydrogen (secondary N) is 2. The Morgan fingerprint density at radius 3 is 2.67 bits per heavy atom. The number of anilines is 2. The minimum atomic E-state index is -0.114. The Labute approximate surface area is 176 Å². The highest BCUT2D eigenvalue weighted by Gasteiger charge is 2.34. The average Bonchev–Trinajstić information content (AvgIpc) is 3.15. The lowest BCUT2D eigenvalue weighted by Gasteiger charge is -2.25. The predicted molar refractivity (Wildman–Crippen MR) is 119 cm³/mol. The maximum atomic E-state index is 12.3. The molecule has 0 bridgehead atoms. The molecule has 2 aromatic carbocycles. The van der Waals surface area contributed by atoms with Crippen LogP contribution >= 0.6 is 0 Å². The van der Waals surface area contributed by atoms with Crippen LogP contribution in [0.3, 0.4) is 0 Å². The summed E-state index contributed by atoms with van der Waals surface area (Å²) in [6, 6.07) is 14.1. The lowest BCUT2D eigenvalue weighted by Crippen LogP contribution is -2.38. The van der Waals surface area contributed by atoms with Gasteiger partial charge in [-0.05, 0) is 53.4 Å². The highest BCUT2D eigenvalue weighted by molar-refractivity contribution is 5.94. The van der Waals surface area contributed by atoms with Gasteiger partial charge in [-0.3, -0.25) is 4.90 Å². The smallest absolute Gasteiger partial charge is 0.323 e. The Kier molecular flexibility index (Phi) is 5.44. The topological polar surface area (TPSA) is 79.4 Å². The van der Waals surface area contributed by atoms with E-state index in [-0.39, 0.29) is 18.1 Å². The lowest BCUT2D eigenvalue weighted by molar-refractivity contribution is 0.251. The second-order valence-electron chi connectivity index (χ2n) is 7.94. The summed E-state index contributed by atoms with van der Waals surface area (Å²) in [5.74, 6) is 2.28. The fraction of sp³-hybridized carbons (Fsp3) is 0.348. The summed E-state index contributed by atoms with van der Waals surface area (Å²) in [5.41, 5.74) is 1.13. The van der Waals surface area contributed by atoms with Gasteiger partial charge in [0.1, 0.15) is 11.6 Å². The van der Waals surface area contributed by atoms with E-state index >= 15 is 0 Å². The zero-order valence-corrected chi connectivity index (χ0v) is 17.7. The minimum absolute atomic E-state index is 0.0000481. The van der Waals surface area contributed by atoms with Crippen LogP contribution in [0.15, 0.2) is 48.7 Å². The number of hydrogen-bond donors (Lipinski definition) is 2. The first-order valence-corrected chi connectivity index (χ1v) is 10.2. The van der Waals surface area contributed by atoms with Gasteiger partial charge in [-0.25, -0.2) is 9.78 Å². The largest absolute Gasteiger partial charge is 0.497 e. The number of amides is 2. The van der Waals surface area contributed by atoms with Crippen molar-refractivity contribution in [2.24, 2.45) is 5.92 Å². The minimum Gasteiger partial charge on any atom is -0.497 e. The SMILES string of the molecule is COc1ccc2cc([C@H](C)Nc3nccc(N4C(=O)NCC4C(C)C)n3)ccc2c1. The number of rotatable bonds is 6. The van der Waals surface area contributed by atoms with Gasteiger partial charge in [0.05, 0.1) is 19.2 Å². The summed E-state index contributed by atoms with van der Waals surface area (Å²) in [7, 11) is 1.67. The molecule has 1 aliphatic heterocycles. The molecular formula is C23H27N5O2. The van der Waals surface area contributed by atoms with Gasteiger partial charge in [0.15, 0.2) is 0 Å². The van der Waals surface area contributed by atoms with Crippen molar-refractivity contribution >= 4 is 28.6 Å². The molecule has 30 heavy (non-hydrogen) atoms. The normalized spacial score (nSPS) is 17.3. The number of ether oxygens (including phenoxy) is 1. The Balaban J connectivity index is 1.55. The van der Waals surface area contributed by atoms with Crippen molar-refractivity contribution in [2.45, 2.75) is 32.9 Å². The quantitative estimate of drug-likeness (QED) is 0.637. The van der Waals surface area contributed by atoms with Crippen LogP contribution in [0.2, 0.25) is 0 Å². The predicted octanol–water partition coefficient (Wildman–Crippen LogP) is 4.37. The molecule has 2 atom stereocenters. The monoisotopic (exact) mass is 405 g/mol. The summed E-state index contributed by atoms with van der Waals surface area (Å²) in [5, 5.41) is 8.54. The summed E-state index contributed by atoms with van der Waals surface area (Å²) in [4.78, 5) is 23.0. The Morgan fingerprint density at radius 2 is 1.90 bits per heavy atom. The lowest BCUT2D eigenvalue weighted by atomic mass is 10.0. The van der Waals surface area contributed by atoms with E-state index in [0.29, 0.717) is 24.2 Å². The first-order valence-electron chi connectivity index (χ1n) is 10.2. The van der Waals surface area contributed by atoms with Gasteiger partial charge in [0, 0.05) is 12.7 Å². The molecule has 7 heteroatoms. The van der Waals surface area contributed by atoms with Crippen molar-refractivity contribution in [1.29, 1.82) is 0 Å². The molecule has 1 unspecified atom stereocenters. The van der Waals surface area contributed by atoms with Crippen LogP contribution in [0.5, 0.6) is 5.75 Å². The van der Waals surface area contributed by atoms with Crippen LogP contribution in [0.1, 0.15) is 32.4 Å². The van der Waals surface area contributed by atoms with Crippen LogP contribution in [0.25, 0.3) is 10.8 Å². The summed E-state index contributed by atoms with van der Waals surface area (Å²) >= 11 is 0. The van der Waals surface area contributed by atoms with E-state index in [0.717, 1.165) is 22.1 Å². The van der Waals surface area contributed by atoms with Crippen LogP contribution < -0.4 is 20.3 Å². The van der Waals surface area contributed by atoms with E-state index in [1.54, 1.807) is 24.3 Å². The molecule has 0 aliphatic carbocycles. The molecule has 156 valence electrons. The van der Waals surface area contributed by atoms with Gasteiger partial charge in [-0.1, -0.05) is 32.0 Å². The van der Waals surface area contributed by atoms with Crippen molar-refractivity contribution in [3.8, 4) is 5.75 Å². The fourth-order valence-electron chi connectivity index (χ4n) is 3.80. The van der Waals surface area contributed by atoms with Gasteiger partial charge in [-0.15, -0.1) is 0 Å². The third-order valence-electron chi connectivity index (χ3n) is 5.59. The number of nitrogens with zero attached hydrogens (tertiary/aromatic N) is 3. The molecule has 1 fully saturated rings. The van der Waals surface area contributed by atoms with Crippen molar-refractivity contribution in [2.75, 3.05) is 23.9 Å². The molecule has 0 radical (unpaired) electrons. The zero-order chi connectivity index (χ0) is 21.3. The van der Waals surface area contributed by atoms with Crippen molar-refractivity contribution < 1.29 is 9.53 Å². The van der Waals surface area contributed by atoms with Crippen LogP contribution in [0.4, 0.5) is 16.6 Å². The van der Waals surface area contributed by atoms with Crippen molar-refractivity contribution in [1.82, 2.24) is 15.3 Å². The highest BCUT2D eigenvalue weighted by atomic mass is 16.5. The number of benzene rings is 2. The fourth-order valence-corrected chi connectivity index (χ4v) is 3.80. The molecule has 7 nitrogen and oxygen atoms in total. The molecule has 0 spiro atoms. The van der Waals surface area contributed by atoms with E-state index < -0.39 is 0 Å². The molecule has 1 aliphatic rings. The summed E-state index contributed by atoms with van der Waals surface area (Å²) in [6.07, 6.45) is 1.69. The molecule has 0 saturated carbocycles. The van der Waals surface area contributed by atoms with Crippen LogP contribution in [-0.4, -0.2) is 35.7 Å². The van der Waals surface area contributed by atoms with E-state index in [1.165, 1.54) is 0 Å². The Hall–Kier alpha value is -3.35. The van der Waals surface area contributed by atoms with Gasteiger partial charge in [0.2, 0.25) is 5.95 Å². The second kappa shape index (κ2) is 8.18. The number of carbonyl (C=O) groups is 1. The third-order valence-corrected chi connectivity index (χ3v) is 5.59. The van der Waals surface area contributed by atoms with Gasteiger partial charge >= 0.3 is 6.03 Å². The van der Waals surface area contributed by atoms with Gasteiger partial charge < -0.3 is 15.4 Å². The van der Waals surface area contributed by atoms with Gasteiger partial charge in [0.25, 0.3) is 0 Å². The third kappa shape index (κ3) is 3.87. The summed E-state index contributed by atoms with van der Waals surface area (Å²) < 4.78 is 5.30. The van der Waals surface area contributed by atoms with Crippen molar-refractivity contribution in [3.63, 3.8) is 0 Å². The molecule has 3 aromatic rings. The van der Waals surface area contributed by atoms with E-state index in [2.05, 4.69) is 65.6 Å². The van der Waals surface area contributed by atoms with E-state index in [1.807, 2.05) is 12.1 Å². The zero-order valence-electron chi connectivity index (χ0n) is 17.7. The van der Waals surface area contributed by atoms with Crippen molar-refractivity contribution in [3.05, 3.63) is 54.2 Å². The molecule has 1 saturated heterocycles. The highest BCUT2D eigenvalue weighted by Crippen LogP contribution is 2.27. The second-order valence-corrected chi connectivity index (χ2v) is 7.94. The molecule has 2 heterocycles. The van der Waals surface area contributed by atoms with E-state index in [4.69, 9.17) is 4.74 Å². The Morgan fingerprint density at radius 1 is 1.13 bits per heavy atom. The van der Waals surface area contributed by atoms with Crippen LogP contribution in [0, 0.1) is 5.92 Å². The number of hydrogen-bond acceptors (Lipinski definition) is 5. The molecule has 4 rings (SSSR count). The molecule has 2 amide bonds. The molecule has 2 N–H and O–H groups in total.